The van der Waals surface area contributed by atoms with Crippen molar-refractivity contribution in [3.8, 4) is 0 Å². The Hall–Kier alpha value is -1.96. The normalized spacial score (nSPS) is 12.8. The lowest BCUT2D eigenvalue weighted by Crippen LogP contribution is -2.43. The Morgan fingerprint density at radius 2 is 1.76 bits per heavy atom. The number of fused-ring (bicyclic) bond motifs is 1. The van der Waals surface area contributed by atoms with Gasteiger partial charge in [-0.25, -0.2) is 0 Å². The van der Waals surface area contributed by atoms with Crippen molar-refractivity contribution in [2.45, 2.75) is 66.5 Å². The molecule has 2 aromatic carbocycles. The van der Waals surface area contributed by atoms with Crippen LogP contribution in [0.15, 0.2) is 48.8 Å². The highest BCUT2D eigenvalue weighted by Gasteiger charge is 2.27. The van der Waals surface area contributed by atoms with E-state index in [1.807, 2.05) is 0 Å². The van der Waals surface area contributed by atoms with Crippen molar-refractivity contribution in [1.82, 2.24) is 10.6 Å². The third-order valence-electron chi connectivity index (χ3n) is 5.50. The number of benzene rings is 2. The van der Waals surface area contributed by atoms with Gasteiger partial charge in [0.05, 0.1) is 5.82 Å². The first-order valence-corrected chi connectivity index (χ1v) is 9.55. The van der Waals surface area contributed by atoms with Gasteiger partial charge in [0.2, 0.25) is 0 Å². The summed E-state index contributed by atoms with van der Waals surface area (Å²) in [4.78, 5) is 0. The molecule has 0 fully saturated rings. The topological polar surface area (TPSA) is 24.1 Å². The average Bonchev–Trinajstić information content (AvgIpc) is 2.61. The largest absolute Gasteiger partial charge is 0.369 e. The molecule has 0 aliphatic heterocycles. The molecule has 0 aromatic heterocycles. The molecule has 136 valence electrons. The van der Waals surface area contributed by atoms with E-state index in [0.29, 0.717) is 6.04 Å². The van der Waals surface area contributed by atoms with Crippen molar-refractivity contribution in [2.75, 3.05) is 0 Å². The number of nitrogens with one attached hydrogen (secondary N) is 2. The zero-order chi connectivity index (χ0) is 18.4. The van der Waals surface area contributed by atoms with Crippen molar-refractivity contribution < 1.29 is 0 Å². The highest BCUT2D eigenvalue weighted by molar-refractivity contribution is 5.88. The number of rotatable bonds is 9. The summed E-state index contributed by atoms with van der Waals surface area (Å²) in [5.41, 5.74) is 2.90. The van der Waals surface area contributed by atoms with Gasteiger partial charge in [0, 0.05) is 12.6 Å². The van der Waals surface area contributed by atoms with Crippen LogP contribution in [0.1, 0.15) is 58.1 Å². The molecule has 0 spiro atoms. The minimum Gasteiger partial charge on any atom is -0.369 e. The van der Waals surface area contributed by atoms with E-state index in [1.165, 1.54) is 28.3 Å². The van der Waals surface area contributed by atoms with Crippen LogP contribution >= 0.6 is 0 Å². The van der Waals surface area contributed by atoms with Crippen LogP contribution in [0.3, 0.4) is 0 Å². The predicted octanol–water partition coefficient (Wildman–Crippen LogP) is 5.90. The molecule has 0 radical (unpaired) electrons. The first-order chi connectivity index (χ1) is 11.9. The van der Waals surface area contributed by atoms with Crippen molar-refractivity contribution in [3.63, 3.8) is 0 Å². The summed E-state index contributed by atoms with van der Waals surface area (Å²) in [5, 5.41) is 9.77. The highest BCUT2D eigenvalue weighted by Crippen LogP contribution is 2.28. The predicted molar refractivity (Wildman–Crippen MR) is 111 cm³/mol. The summed E-state index contributed by atoms with van der Waals surface area (Å²) in [7, 11) is 0. The second-order valence-corrected chi connectivity index (χ2v) is 7.75. The van der Waals surface area contributed by atoms with E-state index in [0.717, 1.165) is 25.2 Å². The van der Waals surface area contributed by atoms with E-state index in [2.05, 4.69) is 88.2 Å². The fourth-order valence-corrected chi connectivity index (χ4v) is 3.32. The van der Waals surface area contributed by atoms with E-state index in [1.54, 1.807) is 0 Å². The molecule has 0 aliphatic carbocycles. The fourth-order valence-electron chi connectivity index (χ4n) is 3.32. The summed E-state index contributed by atoms with van der Waals surface area (Å²) in [6, 6.07) is 13.5. The van der Waals surface area contributed by atoms with Gasteiger partial charge < -0.3 is 10.6 Å². The fraction of sp³-hybridized carbons (Fsp3) is 0.478. The Balaban J connectivity index is 2.06. The SMILES string of the molecule is C=C(NCc1ccc(C)c2ccccc12)NC(CCC)C(C)(C)CC. The van der Waals surface area contributed by atoms with Crippen LogP contribution in [0.25, 0.3) is 10.8 Å². The minimum absolute atomic E-state index is 0.261. The van der Waals surface area contributed by atoms with E-state index in [9.17, 15) is 0 Å². The molecule has 1 unspecified atom stereocenters. The number of aryl methyl sites for hydroxylation is 1. The van der Waals surface area contributed by atoms with E-state index < -0.39 is 0 Å². The van der Waals surface area contributed by atoms with Crippen LogP contribution in [0.4, 0.5) is 0 Å². The Bertz CT molecular complexity index is 715. The Labute approximate surface area is 153 Å². The summed E-state index contributed by atoms with van der Waals surface area (Å²) < 4.78 is 0. The molecule has 0 aliphatic rings. The van der Waals surface area contributed by atoms with Gasteiger partial charge in [-0.05, 0) is 47.1 Å². The molecule has 0 saturated carbocycles. The Morgan fingerprint density at radius 1 is 1.08 bits per heavy atom. The number of hydrogen-bond acceptors (Lipinski definition) is 2. The molecule has 25 heavy (non-hydrogen) atoms. The summed E-state index contributed by atoms with van der Waals surface area (Å²) in [6.07, 6.45) is 3.49. The standard InChI is InChI=1S/C23H34N2/c1-7-11-22(23(5,6)8-2)25-18(4)24-16-19-15-14-17(3)20-12-9-10-13-21(19)20/h9-10,12-15,22,24-25H,4,7-8,11,16H2,1-3,5-6H3. The summed E-state index contributed by atoms with van der Waals surface area (Å²) in [5.74, 6) is 0.921. The molecule has 2 N–H and O–H groups in total. The van der Waals surface area contributed by atoms with Crippen LogP contribution in [-0.2, 0) is 6.54 Å². The molecule has 0 bridgehead atoms. The van der Waals surface area contributed by atoms with Crippen LogP contribution in [0, 0.1) is 12.3 Å². The smallest absolute Gasteiger partial charge is 0.0917 e. The Kier molecular flexibility index (Phi) is 6.52. The van der Waals surface area contributed by atoms with Crippen LogP contribution in [0.5, 0.6) is 0 Å². The summed E-state index contributed by atoms with van der Waals surface area (Å²) >= 11 is 0. The van der Waals surface area contributed by atoms with Gasteiger partial charge in [-0.3, -0.25) is 0 Å². The van der Waals surface area contributed by atoms with Crippen molar-refractivity contribution in [1.29, 1.82) is 0 Å². The maximum Gasteiger partial charge on any atom is 0.0917 e. The molecule has 1 atom stereocenters. The zero-order valence-corrected chi connectivity index (χ0v) is 16.6. The maximum atomic E-state index is 4.22. The van der Waals surface area contributed by atoms with E-state index in [4.69, 9.17) is 0 Å². The van der Waals surface area contributed by atoms with Gasteiger partial charge in [-0.1, -0.05) is 77.1 Å². The van der Waals surface area contributed by atoms with Crippen molar-refractivity contribution >= 4 is 10.8 Å². The lowest BCUT2D eigenvalue weighted by atomic mass is 9.80. The van der Waals surface area contributed by atoms with E-state index in [-0.39, 0.29) is 5.41 Å². The molecule has 2 rings (SSSR count). The lowest BCUT2D eigenvalue weighted by molar-refractivity contribution is 0.228. The van der Waals surface area contributed by atoms with Gasteiger partial charge in [-0.2, -0.15) is 0 Å². The minimum atomic E-state index is 0.261. The lowest BCUT2D eigenvalue weighted by Gasteiger charge is -2.35. The third-order valence-corrected chi connectivity index (χ3v) is 5.50. The zero-order valence-electron chi connectivity index (χ0n) is 16.6. The molecule has 0 saturated heterocycles. The van der Waals surface area contributed by atoms with Crippen molar-refractivity contribution in [2.24, 2.45) is 5.41 Å². The third kappa shape index (κ3) is 4.78. The van der Waals surface area contributed by atoms with Gasteiger partial charge in [0.15, 0.2) is 0 Å². The second kappa shape index (κ2) is 8.42. The first kappa shape index (κ1) is 19.4. The molecular weight excluding hydrogens is 304 g/mol. The summed E-state index contributed by atoms with van der Waals surface area (Å²) in [6.45, 7) is 16.4. The average molecular weight is 339 g/mol. The van der Waals surface area contributed by atoms with Crippen LogP contribution < -0.4 is 10.6 Å². The molecule has 2 nitrogen and oxygen atoms in total. The van der Waals surface area contributed by atoms with Crippen molar-refractivity contribution in [3.05, 3.63) is 59.9 Å². The molecule has 0 amide bonds. The highest BCUT2D eigenvalue weighted by atomic mass is 15.1. The van der Waals surface area contributed by atoms with Gasteiger partial charge in [0.1, 0.15) is 0 Å². The van der Waals surface area contributed by atoms with Gasteiger partial charge >= 0.3 is 0 Å². The second-order valence-electron chi connectivity index (χ2n) is 7.75. The first-order valence-electron chi connectivity index (χ1n) is 9.55. The van der Waals surface area contributed by atoms with Gasteiger partial charge in [0.25, 0.3) is 0 Å². The monoisotopic (exact) mass is 338 g/mol. The molecule has 2 aromatic rings. The quantitative estimate of drug-likeness (QED) is 0.594. The Morgan fingerprint density at radius 3 is 2.40 bits per heavy atom. The molecule has 2 heteroatoms. The van der Waals surface area contributed by atoms with Gasteiger partial charge in [-0.15, -0.1) is 0 Å². The maximum absolute atomic E-state index is 4.22. The molecular formula is C23H34N2. The number of hydrogen-bond donors (Lipinski definition) is 2. The van der Waals surface area contributed by atoms with Crippen LogP contribution in [0.2, 0.25) is 0 Å². The van der Waals surface area contributed by atoms with E-state index >= 15 is 0 Å². The van der Waals surface area contributed by atoms with Crippen LogP contribution in [-0.4, -0.2) is 6.04 Å². The molecule has 0 heterocycles.